The van der Waals surface area contributed by atoms with Crippen LogP contribution in [0, 0.1) is 5.92 Å². The lowest BCUT2D eigenvalue weighted by Gasteiger charge is -2.23. The third-order valence-corrected chi connectivity index (χ3v) is 2.52. The molecule has 0 aromatic heterocycles. The Bertz CT molecular complexity index is 138. The first-order valence-electron chi connectivity index (χ1n) is 3.67. The standard InChI is InChI=1S/C7H13NOS/c8-7(9)5-2-1-3-6(10)4-5/h5-6,10H,1-4H2,(H2,8,9). The van der Waals surface area contributed by atoms with Gasteiger partial charge in [0.1, 0.15) is 0 Å². The summed E-state index contributed by atoms with van der Waals surface area (Å²) in [5.41, 5.74) is 5.16. The maximum absolute atomic E-state index is 10.7. The van der Waals surface area contributed by atoms with Crippen LogP contribution >= 0.6 is 12.6 Å². The van der Waals surface area contributed by atoms with Gasteiger partial charge in [-0.2, -0.15) is 12.6 Å². The zero-order valence-electron chi connectivity index (χ0n) is 5.92. The van der Waals surface area contributed by atoms with Gasteiger partial charge in [-0.3, -0.25) is 4.79 Å². The van der Waals surface area contributed by atoms with E-state index in [9.17, 15) is 4.79 Å². The molecule has 2 unspecified atom stereocenters. The minimum atomic E-state index is -0.154. The fourth-order valence-electron chi connectivity index (χ4n) is 1.42. The summed E-state index contributed by atoms with van der Waals surface area (Å²) in [6, 6.07) is 0. The van der Waals surface area contributed by atoms with Crippen molar-refractivity contribution in [1.82, 2.24) is 0 Å². The summed E-state index contributed by atoms with van der Waals surface area (Å²) in [5.74, 6) is -0.0602. The van der Waals surface area contributed by atoms with E-state index in [1.165, 1.54) is 0 Å². The number of carbonyl (C=O) groups is 1. The molecule has 58 valence electrons. The van der Waals surface area contributed by atoms with Crippen molar-refractivity contribution >= 4 is 18.5 Å². The highest BCUT2D eigenvalue weighted by Gasteiger charge is 2.22. The third kappa shape index (κ3) is 1.90. The molecule has 2 nitrogen and oxygen atoms in total. The van der Waals surface area contributed by atoms with E-state index in [2.05, 4.69) is 12.6 Å². The van der Waals surface area contributed by atoms with E-state index >= 15 is 0 Å². The minimum Gasteiger partial charge on any atom is -0.369 e. The molecule has 1 amide bonds. The Morgan fingerprint density at radius 1 is 1.50 bits per heavy atom. The number of primary amides is 1. The average Bonchev–Trinajstić information content (AvgIpc) is 1.88. The molecule has 2 atom stereocenters. The predicted octanol–water partition coefficient (Wildman–Crippen LogP) is 0.960. The van der Waals surface area contributed by atoms with Crippen LogP contribution in [0.3, 0.4) is 0 Å². The fourth-order valence-corrected chi connectivity index (χ4v) is 1.86. The van der Waals surface area contributed by atoms with Gasteiger partial charge in [-0.15, -0.1) is 0 Å². The van der Waals surface area contributed by atoms with Crippen LogP contribution in [0.15, 0.2) is 0 Å². The van der Waals surface area contributed by atoms with Gasteiger partial charge in [-0.1, -0.05) is 6.42 Å². The maximum atomic E-state index is 10.7. The largest absolute Gasteiger partial charge is 0.369 e. The number of thiol groups is 1. The number of amides is 1. The zero-order chi connectivity index (χ0) is 7.56. The van der Waals surface area contributed by atoms with Crippen LogP contribution in [-0.2, 0) is 4.79 Å². The van der Waals surface area contributed by atoms with E-state index < -0.39 is 0 Å². The number of carbonyl (C=O) groups excluding carboxylic acids is 1. The summed E-state index contributed by atoms with van der Waals surface area (Å²) < 4.78 is 0. The Morgan fingerprint density at radius 3 is 2.60 bits per heavy atom. The molecule has 0 aliphatic heterocycles. The molecule has 1 aliphatic carbocycles. The highest BCUT2D eigenvalue weighted by atomic mass is 32.1. The van der Waals surface area contributed by atoms with Crippen molar-refractivity contribution in [2.24, 2.45) is 11.7 Å². The summed E-state index contributed by atoms with van der Waals surface area (Å²) in [5, 5.41) is 0.395. The smallest absolute Gasteiger partial charge is 0.220 e. The number of nitrogens with two attached hydrogens (primary N) is 1. The fraction of sp³-hybridized carbons (Fsp3) is 0.857. The van der Waals surface area contributed by atoms with Gasteiger partial charge in [0.25, 0.3) is 0 Å². The second kappa shape index (κ2) is 3.28. The first kappa shape index (κ1) is 7.92. The average molecular weight is 159 g/mol. The lowest BCUT2D eigenvalue weighted by atomic mass is 9.88. The summed E-state index contributed by atoms with van der Waals surface area (Å²) in [6.45, 7) is 0. The molecule has 3 heteroatoms. The van der Waals surface area contributed by atoms with Crippen LogP contribution in [0.5, 0.6) is 0 Å². The van der Waals surface area contributed by atoms with Gasteiger partial charge in [0, 0.05) is 11.2 Å². The van der Waals surface area contributed by atoms with Crippen molar-refractivity contribution in [2.75, 3.05) is 0 Å². The highest BCUT2D eigenvalue weighted by Crippen LogP contribution is 2.26. The van der Waals surface area contributed by atoms with E-state index in [1.807, 2.05) is 0 Å². The van der Waals surface area contributed by atoms with Crippen molar-refractivity contribution in [3.63, 3.8) is 0 Å². The highest BCUT2D eigenvalue weighted by molar-refractivity contribution is 7.80. The topological polar surface area (TPSA) is 43.1 Å². The molecule has 0 spiro atoms. The first-order valence-corrected chi connectivity index (χ1v) is 4.19. The molecule has 1 rings (SSSR count). The van der Waals surface area contributed by atoms with Gasteiger partial charge in [-0.05, 0) is 19.3 Å². The molecule has 10 heavy (non-hydrogen) atoms. The van der Waals surface area contributed by atoms with Crippen molar-refractivity contribution in [3.8, 4) is 0 Å². The van der Waals surface area contributed by atoms with Gasteiger partial charge in [-0.25, -0.2) is 0 Å². The molecule has 0 bridgehead atoms. The quantitative estimate of drug-likeness (QED) is 0.550. The molecule has 1 aliphatic rings. The monoisotopic (exact) mass is 159 g/mol. The molecule has 0 heterocycles. The molecule has 0 saturated heterocycles. The molecule has 2 N–H and O–H groups in total. The maximum Gasteiger partial charge on any atom is 0.220 e. The van der Waals surface area contributed by atoms with Crippen molar-refractivity contribution in [2.45, 2.75) is 30.9 Å². The number of hydrogen-bond acceptors (Lipinski definition) is 2. The van der Waals surface area contributed by atoms with E-state index in [-0.39, 0.29) is 11.8 Å². The van der Waals surface area contributed by atoms with E-state index in [1.54, 1.807) is 0 Å². The molecular formula is C7H13NOS. The molecule has 0 aromatic carbocycles. The Balaban J connectivity index is 2.39. The van der Waals surface area contributed by atoms with E-state index in [0.717, 1.165) is 25.7 Å². The van der Waals surface area contributed by atoms with Crippen molar-refractivity contribution < 1.29 is 4.79 Å². The Kier molecular flexibility index (Phi) is 2.60. The van der Waals surface area contributed by atoms with E-state index in [4.69, 9.17) is 5.73 Å². The second-order valence-corrected chi connectivity index (χ2v) is 3.65. The Morgan fingerprint density at radius 2 is 2.20 bits per heavy atom. The summed E-state index contributed by atoms with van der Waals surface area (Å²) in [4.78, 5) is 10.7. The Hall–Kier alpha value is -0.180. The Labute approximate surface area is 66.6 Å². The van der Waals surface area contributed by atoms with Crippen LogP contribution in [-0.4, -0.2) is 11.2 Å². The van der Waals surface area contributed by atoms with Crippen LogP contribution in [0.4, 0.5) is 0 Å². The predicted molar refractivity (Wildman–Crippen MR) is 43.9 cm³/mol. The van der Waals surface area contributed by atoms with Crippen molar-refractivity contribution in [1.29, 1.82) is 0 Å². The zero-order valence-corrected chi connectivity index (χ0v) is 6.81. The number of rotatable bonds is 1. The normalized spacial score (nSPS) is 33.7. The SMILES string of the molecule is NC(=O)C1CCCC(S)C1. The molecule has 1 fully saturated rings. The van der Waals surface area contributed by atoms with Crippen LogP contribution in [0.1, 0.15) is 25.7 Å². The molecular weight excluding hydrogens is 146 g/mol. The summed E-state index contributed by atoms with van der Waals surface area (Å²) in [7, 11) is 0. The molecule has 1 saturated carbocycles. The van der Waals surface area contributed by atoms with E-state index in [0.29, 0.717) is 5.25 Å². The molecule has 0 aromatic rings. The van der Waals surface area contributed by atoms with Gasteiger partial charge in [0.2, 0.25) is 5.91 Å². The second-order valence-electron chi connectivity index (χ2n) is 2.92. The lowest BCUT2D eigenvalue weighted by molar-refractivity contribution is -0.122. The van der Waals surface area contributed by atoms with Gasteiger partial charge < -0.3 is 5.73 Å². The van der Waals surface area contributed by atoms with Crippen molar-refractivity contribution in [3.05, 3.63) is 0 Å². The van der Waals surface area contributed by atoms with Gasteiger partial charge in [0.15, 0.2) is 0 Å². The minimum absolute atomic E-state index is 0.0937. The molecule has 0 radical (unpaired) electrons. The van der Waals surface area contributed by atoms with Crippen LogP contribution < -0.4 is 5.73 Å². The first-order chi connectivity index (χ1) is 4.70. The lowest BCUT2D eigenvalue weighted by Crippen LogP contribution is -2.28. The number of hydrogen-bond donors (Lipinski definition) is 2. The van der Waals surface area contributed by atoms with Gasteiger partial charge >= 0.3 is 0 Å². The summed E-state index contributed by atoms with van der Waals surface area (Å²) in [6.07, 6.45) is 4.07. The van der Waals surface area contributed by atoms with Crippen LogP contribution in [0.2, 0.25) is 0 Å². The third-order valence-electron chi connectivity index (χ3n) is 2.05. The van der Waals surface area contributed by atoms with Crippen LogP contribution in [0.25, 0.3) is 0 Å². The summed E-state index contributed by atoms with van der Waals surface area (Å²) >= 11 is 4.31. The van der Waals surface area contributed by atoms with Gasteiger partial charge in [0.05, 0.1) is 0 Å².